The Balaban J connectivity index is 1.98. The van der Waals surface area contributed by atoms with Crippen molar-refractivity contribution in [1.82, 2.24) is 5.32 Å². The predicted molar refractivity (Wildman–Crippen MR) is 72.9 cm³/mol. The van der Waals surface area contributed by atoms with E-state index in [2.05, 4.69) is 38.2 Å². The van der Waals surface area contributed by atoms with Gasteiger partial charge in [0, 0.05) is 28.6 Å². The van der Waals surface area contributed by atoms with E-state index in [0.717, 1.165) is 19.0 Å². The third-order valence-corrected chi connectivity index (χ3v) is 4.37. The molecule has 1 aromatic rings. The smallest absolute Gasteiger partial charge is 0.0300 e. The first-order valence-electron chi connectivity index (χ1n) is 5.52. The lowest BCUT2D eigenvalue weighted by molar-refractivity contribution is 0.732. The summed E-state index contributed by atoms with van der Waals surface area (Å²) in [6.45, 7) is 8.85. The van der Waals surface area contributed by atoms with E-state index >= 15 is 0 Å². The maximum Gasteiger partial charge on any atom is 0.0300 e. The van der Waals surface area contributed by atoms with E-state index < -0.39 is 0 Å². The van der Waals surface area contributed by atoms with Crippen LogP contribution in [0, 0.1) is 12.8 Å². The van der Waals surface area contributed by atoms with Crippen molar-refractivity contribution in [3.63, 3.8) is 0 Å². The van der Waals surface area contributed by atoms with E-state index in [1.165, 1.54) is 21.3 Å². The number of nitrogens with one attached hydrogen (secondary N) is 1. The average molecular weight is 243 g/mol. The molecule has 0 atom stereocenters. The molecule has 0 aliphatic rings. The molecular weight excluding hydrogens is 222 g/mol. The molecule has 0 aliphatic heterocycles. The maximum atomic E-state index is 3.48. The van der Waals surface area contributed by atoms with Gasteiger partial charge in [-0.25, -0.2) is 0 Å². The van der Waals surface area contributed by atoms with Crippen LogP contribution in [0.1, 0.15) is 23.6 Å². The van der Waals surface area contributed by atoms with Gasteiger partial charge < -0.3 is 5.32 Å². The molecule has 86 valence electrons. The van der Waals surface area contributed by atoms with E-state index in [4.69, 9.17) is 0 Å². The van der Waals surface area contributed by atoms with Crippen molar-refractivity contribution in [3.05, 3.63) is 21.9 Å². The Bertz CT molecular complexity index is 268. The molecule has 0 aliphatic carbocycles. The Morgan fingerprint density at radius 1 is 1.40 bits per heavy atom. The predicted octanol–water partition coefficient (Wildman–Crippen LogP) is 3.54. The Hall–Kier alpha value is 0.01000. The van der Waals surface area contributed by atoms with E-state index in [0.29, 0.717) is 0 Å². The third-order valence-electron chi connectivity index (χ3n) is 1.97. The van der Waals surface area contributed by atoms with Crippen molar-refractivity contribution >= 4 is 23.1 Å². The molecule has 0 bridgehead atoms. The van der Waals surface area contributed by atoms with Gasteiger partial charge in [0.1, 0.15) is 0 Å². The minimum Gasteiger partial charge on any atom is -0.311 e. The van der Waals surface area contributed by atoms with Gasteiger partial charge in [-0.2, -0.15) is 11.8 Å². The van der Waals surface area contributed by atoms with E-state index in [1.54, 1.807) is 0 Å². The number of hydrogen-bond acceptors (Lipinski definition) is 3. The molecule has 0 amide bonds. The largest absolute Gasteiger partial charge is 0.311 e. The van der Waals surface area contributed by atoms with Gasteiger partial charge in [-0.15, -0.1) is 11.3 Å². The first-order chi connectivity index (χ1) is 7.18. The van der Waals surface area contributed by atoms with E-state index in [9.17, 15) is 0 Å². The van der Waals surface area contributed by atoms with Gasteiger partial charge in [0.2, 0.25) is 0 Å². The monoisotopic (exact) mass is 243 g/mol. The molecule has 1 nitrogen and oxygen atoms in total. The van der Waals surface area contributed by atoms with Gasteiger partial charge in [0.25, 0.3) is 0 Å². The van der Waals surface area contributed by atoms with Crippen LogP contribution < -0.4 is 5.32 Å². The van der Waals surface area contributed by atoms with Crippen LogP contribution in [0.5, 0.6) is 0 Å². The highest BCUT2D eigenvalue weighted by Gasteiger charge is 1.96. The fraction of sp³-hybridized carbons (Fsp3) is 0.667. The standard InChI is InChI=1S/C12H21NS2/c1-10(2)9-14-7-6-13-8-12-5-4-11(3)15-12/h4-5,10,13H,6-9H2,1-3H3. The molecule has 0 spiro atoms. The fourth-order valence-corrected chi connectivity index (χ4v) is 3.04. The van der Waals surface area contributed by atoms with Crippen molar-refractivity contribution in [2.24, 2.45) is 5.92 Å². The van der Waals surface area contributed by atoms with Crippen molar-refractivity contribution in [2.45, 2.75) is 27.3 Å². The number of rotatable bonds is 7. The molecule has 15 heavy (non-hydrogen) atoms. The third kappa shape index (κ3) is 6.23. The summed E-state index contributed by atoms with van der Waals surface area (Å²) in [6, 6.07) is 4.41. The van der Waals surface area contributed by atoms with E-state index in [1.807, 2.05) is 23.1 Å². The molecule has 3 heteroatoms. The lowest BCUT2D eigenvalue weighted by Crippen LogP contribution is -2.16. The molecular formula is C12H21NS2. The minimum absolute atomic E-state index is 0.815. The van der Waals surface area contributed by atoms with Gasteiger partial charge in [-0.05, 0) is 30.7 Å². The number of aryl methyl sites for hydroxylation is 1. The molecule has 0 aromatic carbocycles. The Morgan fingerprint density at radius 3 is 2.80 bits per heavy atom. The second-order valence-electron chi connectivity index (χ2n) is 4.16. The number of thiophene rings is 1. The van der Waals surface area contributed by atoms with Crippen LogP contribution in [0.25, 0.3) is 0 Å². The van der Waals surface area contributed by atoms with Gasteiger partial charge >= 0.3 is 0 Å². The molecule has 0 saturated carbocycles. The van der Waals surface area contributed by atoms with Crippen LogP contribution in [-0.2, 0) is 6.54 Å². The highest BCUT2D eigenvalue weighted by atomic mass is 32.2. The summed E-state index contributed by atoms with van der Waals surface area (Å²) >= 11 is 3.93. The van der Waals surface area contributed by atoms with Crippen LogP contribution in [0.2, 0.25) is 0 Å². The number of thioether (sulfide) groups is 1. The molecule has 0 radical (unpaired) electrons. The lowest BCUT2D eigenvalue weighted by atomic mass is 10.3. The van der Waals surface area contributed by atoms with Gasteiger partial charge in [0.15, 0.2) is 0 Å². The van der Waals surface area contributed by atoms with Crippen molar-refractivity contribution in [3.8, 4) is 0 Å². The molecule has 1 rings (SSSR count). The highest BCUT2D eigenvalue weighted by Crippen LogP contribution is 2.14. The summed E-state index contributed by atoms with van der Waals surface area (Å²) in [7, 11) is 0. The summed E-state index contributed by atoms with van der Waals surface area (Å²) in [4.78, 5) is 2.85. The topological polar surface area (TPSA) is 12.0 Å². The second kappa shape index (κ2) is 7.31. The summed E-state index contributed by atoms with van der Waals surface area (Å²) in [5, 5.41) is 3.48. The summed E-state index contributed by atoms with van der Waals surface area (Å²) in [6.07, 6.45) is 0. The van der Waals surface area contributed by atoms with Crippen LogP contribution in [-0.4, -0.2) is 18.1 Å². The van der Waals surface area contributed by atoms with Gasteiger partial charge in [-0.3, -0.25) is 0 Å². The van der Waals surface area contributed by atoms with Crippen LogP contribution >= 0.6 is 23.1 Å². The van der Waals surface area contributed by atoms with Crippen molar-refractivity contribution in [2.75, 3.05) is 18.1 Å². The molecule has 1 aromatic heterocycles. The second-order valence-corrected chi connectivity index (χ2v) is 6.68. The molecule has 1 heterocycles. The van der Waals surface area contributed by atoms with Crippen molar-refractivity contribution < 1.29 is 0 Å². The van der Waals surface area contributed by atoms with Gasteiger partial charge in [-0.1, -0.05) is 13.8 Å². The number of hydrogen-bond donors (Lipinski definition) is 1. The SMILES string of the molecule is Cc1ccc(CNCCSCC(C)C)s1. The van der Waals surface area contributed by atoms with Crippen LogP contribution in [0.15, 0.2) is 12.1 Å². The molecule has 1 N–H and O–H groups in total. The minimum atomic E-state index is 0.815. The van der Waals surface area contributed by atoms with Crippen molar-refractivity contribution in [1.29, 1.82) is 0 Å². The fourth-order valence-electron chi connectivity index (χ4n) is 1.26. The van der Waals surface area contributed by atoms with Crippen LogP contribution in [0.3, 0.4) is 0 Å². The Morgan fingerprint density at radius 2 is 2.20 bits per heavy atom. The van der Waals surface area contributed by atoms with Gasteiger partial charge in [0.05, 0.1) is 0 Å². The highest BCUT2D eigenvalue weighted by molar-refractivity contribution is 7.99. The van der Waals surface area contributed by atoms with E-state index in [-0.39, 0.29) is 0 Å². The summed E-state index contributed by atoms with van der Waals surface area (Å²) in [5.41, 5.74) is 0. The maximum absolute atomic E-state index is 3.48. The zero-order valence-electron chi connectivity index (χ0n) is 9.88. The molecule has 0 fully saturated rings. The first kappa shape index (κ1) is 13.1. The summed E-state index contributed by atoms with van der Waals surface area (Å²) < 4.78 is 0. The quantitative estimate of drug-likeness (QED) is 0.735. The average Bonchev–Trinajstić information content (AvgIpc) is 2.57. The molecule has 0 saturated heterocycles. The normalized spacial score (nSPS) is 11.2. The summed E-state index contributed by atoms with van der Waals surface area (Å²) in [5.74, 6) is 3.32. The Kier molecular flexibility index (Phi) is 6.37. The lowest BCUT2D eigenvalue weighted by Gasteiger charge is -2.05. The van der Waals surface area contributed by atoms with Crippen LogP contribution in [0.4, 0.5) is 0 Å². The zero-order chi connectivity index (χ0) is 11.1. The Labute approximate surface area is 102 Å². The first-order valence-corrected chi connectivity index (χ1v) is 7.49. The molecule has 0 unspecified atom stereocenters. The zero-order valence-corrected chi connectivity index (χ0v) is 11.5.